The van der Waals surface area contributed by atoms with Gasteiger partial charge in [0.2, 0.25) is 0 Å². The summed E-state index contributed by atoms with van der Waals surface area (Å²) in [6.45, 7) is 0.379. The zero-order valence-electron chi connectivity index (χ0n) is 11.6. The summed E-state index contributed by atoms with van der Waals surface area (Å²) in [5.41, 5.74) is 0.805. The topological polar surface area (TPSA) is 60.1 Å². The van der Waals surface area contributed by atoms with E-state index >= 15 is 0 Å². The van der Waals surface area contributed by atoms with Crippen molar-refractivity contribution in [3.63, 3.8) is 0 Å². The van der Waals surface area contributed by atoms with Crippen LogP contribution in [0.2, 0.25) is 10.0 Å². The van der Waals surface area contributed by atoms with Crippen molar-refractivity contribution in [2.24, 2.45) is 0 Å². The first-order valence-corrected chi connectivity index (χ1v) is 8.11. The number of amides is 1. The minimum absolute atomic E-state index is 0.199. The average Bonchev–Trinajstić information content (AvgIpc) is 3.13. The molecule has 1 aromatic carbocycles. The normalized spacial score (nSPS) is 10.7. The van der Waals surface area contributed by atoms with E-state index in [1.54, 1.807) is 35.1 Å². The molecule has 0 bridgehead atoms. The van der Waals surface area contributed by atoms with Crippen LogP contribution in [0.3, 0.4) is 0 Å². The third-order valence-corrected chi connectivity index (χ3v) is 4.39. The van der Waals surface area contributed by atoms with Gasteiger partial charge < -0.3 is 9.73 Å². The number of halogens is 3. The lowest BCUT2D eigenvalue weighted by molar-refractivity contribution is 0.0994. The Morgan fingerprint density at radius 1 is 1.26 bits per heavy atom. The minimum atomic E-state index is -0.366. The molecule has 0 spiro atoms. The van der Waals surface area contributed by atoms with Gasteiger partial charge in [-0.05, 0) is 39.7 Å². The van der Waals surface area contributed by atoms with Gasteiger partial charge in [-0.15, -0.1) is 0 Å². The highest BCUT2D eigenvalue weighted by Gasteiger charge is 2.14. The van der Waals surface area contributed by atoms with Gasteiger partial charge in [0, 0.05) is 6.07 Å². The number of rotatable bonds is 4. The monoisotopic (exact) mass is 413 g/mol. The Labute approximate surface area is 150 Å². The second-order valence-electron chi connectivity index (χ2n) is 4.64. The zero-order chi connectivity index (χ0) is 16.4. The number of hydrogen-bond donors (Lipinski definition) is 1. The molecule has 0 atom stereocenters. The van der Waals surface area contributed by atoms with E-state index < -0.39 is 0 Å². The SMILES string of the molecule is O=C(Nc1ccnn1Cc1cccc(Cl)c1Cl)c1ccc(Br)o1. The summed E-state index contributed by atoms with van der Waals surface area (Å²) in [7, 11) is 0. The van der Waals surface area contributed by atoms with E-state index in [-0.39, 0.29) is 11.7 Å². The second kappa shape index (κ2) is 6.78. The molecule has 0 radical (unpaired) electrons. The Morgan fingerprint density at radius 3 is 2.83 bits per heavy atom. The van der Waals surface area contributed by atoms with Crippen molar-refractivity contribution < 1.29 is 9.21 Å². The van der Waals surface area contributed by atoms with Crippen molar-refractivity contribution in [1.29, 1.82) is 0 Å². The van der Waals surface area contributed by atoms with Crippen LogP contribution in [0, 0.1) is 0 Å². The molecule has 0 unspecified atom stereocenters. The molecule has 0 saturated heterocycles. The van der Waals surface area contributed by atoms with Crippen LogP contribution in [0.4, 0.5) is 5.82 Å². The van der Waals surface area contributed by atoms with Crippen molar-refractivity contribution in [2.45, 2.75) is 6.54 Å². The maximum atomic E-state index is 12.1. The Bertz CT molecular complexity index is 860. The molecule has 3 rings (SSSR count). The van der Waals surface area contributed by atoms with Crippen LogP contribution in [0.25, 0.3) is 0 Å². The van der Waals surface area contributed by atoms with E-state index in [9.17, 15) is 4.79 Å². The number of carbonyl (C=O) groups is 1. The summed E-state index contributed by atoms with van der Waals surface area (Å²) in [6, 6.07) is 10.3. The van der Waals surface area contributed by atoms with E-state index in [2.05, 4.69) is 26.3 Å². The van der Waals surface area contributed by atoms with E-state index in [1.165, 1.54) is 0 Å². The molecule has 0 saturated carbocycles. The highest BCUT2D eigenvalue weighted by molar-refractivity contribution is 9.10. The van der Waals surface area contributed by atoms with Crippen molar-refractivity contribution in [3.8, 4) is 0 Å². The van der Waals surface area contributed by atoms with Crippen LogP contribution in [-0.2, 0) is 6.54 Å². The van der Waals surface area contributed by atoms with Gasteiger partial charge in [-0.3, -0.25) is 4.79 Å². The Morgan fingerprint density at radius 2 is 2.09 bits per heavy atom. The minimum Gasteiger partial charge on any atom is -0.444 e. The van der Waals surface area contributed by atoms with Gasteiger partial charge in [-0.25, -0.2) is 4.68 Å². The summed E-state index contributed by atoms with van der Waals surface area (Å²) >= 11 is 15.4. The van der Waals surface area contributed by atoms with Gasteiger partial charge >= 0.3 is 0 Å². The summed E-state index contributed by atoms with van der Waals surface area (Å²) in [4.78, 5) is 12.1. The van der Waals surface area contributed by atoms with E-state index in [1.807, 2.05) is 12.1 Å². The third kappa shape index (κ3) is 3.60. The third-order valence-electron chi connectivity index (χ3n) is 3.11. The van der Waals surface area contributed by atoms with Gasteiger partial charge in [0.05, 0.1) is 22.8 Å². The lowest BCUT2D eigenvalue weighted by Crippen LogP contribution is -2.15. The summed E-state index contributed by atoms with van der Waals surface area (Å²) in [6.07, 6.45) is 1.59. The number of anilines is 1. The molecule has 118 valence electrons. The predicted molar refractivity (Wildman–Crippen MR) is 92.2 cm³/mol. The highest BCUT2D eigenvalue weighted by atomic mass is 79.9. The highest BCUT2D eigenvalue weighted by Crippen LogP contribution is 2.26. The molecule has 0 fully saturated rings. The van der Waals surface area contributed by atoms with Crippen LogP contribution >= 0.6 is 39.1 Å². The van der Waals surface area contributed by atoms with Crippen molar-refractivity contribution in [3.05, 3.63) is 68.6 Å². The summed E-state index contributed by atoms with van der Waals surface area (Å²) in [5, 5.41) is 7.88. The lowest BCUT2D eigenvalue weighted by atomic mass is 10.2. The Balaban J connectivity index is 1.80. The molecule has 2 heterocycles. The fourth-order valence-corrected chi connectivity index (χ4v) is 2.70. The average molecular weight is 415 g/mol. The number of nitrogens with one attached hydrogen (secondary N) is 1. The van der Waals surface area contributed by atoms with E-state index in [0.29, 0.717) is 27.1 Å². The number of benzene rings is 1. The molecular formula is C15H10BrCl2N3O2. The molecule has 1 amide bonds. The maximum absolute atomic E-state index is 12.1. The molecule has 0 aliphatic carbocycles. The van der Waals surface area contributed by atoms with E-state index in [0.717, 1.165) is 5.56 Å². The molecule has 3 aromatic rings. The van der Waals surface area contributed by atoms with Crippen molar-refractivity contribution >= 4 is 50.9 Å². The number of aromatic nitrogens is 2. The van der Waals surface area contributed by atoms with Gasteiger partial charge in [0.1, 0.15) is 5.82 Å². The number of furan rings is 1. The van der Waals surface area contributed by atoms with Crippen molar-refractivity contribution in [1.82, 2.24) is 9.78 Å². The Kier molecular flexibility index (Phi) is 4.75. The molecule has 5 nitrogen and oxygen atoms in total. The van der Waals surface area contributed by atoms with Crippen LogP contribution < -0.4 is 5.32 Å². The quantitative estimate of drug-likeness (QED) is 0.663. The smallest absolute Gasteiger partial charge is 0.292 e. The zero-order valence-corrected chi connectivity index (χ0v) is 14.7. The molecule has 0 aliphatic rings. The van der Waals surface area contributed by atoms with Crippen LogP contribution in [-0.4, -0.2) is 15.7 Å². The van der Waals surface area contributed by atoms with Gasteiger partial charge in [-0.1, -0.05) is 35.3 Å². The molecule has 0 aliphatic heterocycles. The van der Waals surface area contributed by atoms with E-state index in [4.69, 9.17) is 27.6 Å². The lowest BCUT2D eigenvalue weighted by Gasteiger charge is -2.10. The molecule has 1 N–H and O–H groups in total. The Hall–Kier alpha value is -1.76. The van der Waals surface area contributed by atoms with Gasteiger partial charge in [0.25, 0.3) is 5.91 Å². The molecular weight excluding hydrogens is 405 g/mol. The summed E-state index contributed by atoms with van der Waals surface area (Å²) < 4.78 is 7.33. The van der Waals surface area contributed by atoms with Crippen LogP contribution in [0.15, 0.2) is 51.7 Å². The van der Waals surface area contributed by atoms with Gasteiger partial charge in [-0.2, -0.15) is 5.10 Å². The van der Waals surface area contributed by atoms with Crippen LogP contribution in [0.5, 0.6) is 0 Å². The van der Waals surface area contributed by atoms with Crippen molar-refractivity contribution in [2.75, 3.05) is 5.32 Å². The number of hydrogen-bond acceptors (Lipinski definition) is 3. The fraction of sp³-hybridized carbons (Fsp3) is 0.0667. The first kappa shape index (κ1) is 16.1. The standard InChI is InChI=1S/C15H10BrCl2N3O2/c16-12-5-4-11(23-12)15(22)20-13-6-7-19-21(13)8-9-2-1-3-10(17)14(9)18/h1-7H,8H2,(H,20,22). The van der Waals surface area contributed by atoms with Gasteiger partial charge in [0.15, 0.2) is 10.4 Å². The number of carbonyl (C=O) groups excluding carboxylic acids is 1. The summed E-state index contributed by atoms with van der Waals surface area (Å²) in [5.74, 6) is 0.360. The molecule has 23 heavy (non-hydrogen) atoms. The molecule has 2 aromatic heterocycles. The maximum Gasteiger partial charge on any atom is 0.292 e. The number of nitrogens with zero attached hydrogens (tertiary/aromatic N) is 2. The first-order chi connectivity index (χ1) is 11.0. The molecule has 8 heteroatoms. The predicted octanol–water partition coefficient (Wildman–Crippen LogP) is 4.85. The van der Waals surface area contributed by atoms with Crippen LogP contribution in [0.1, 0.15) is 16.1 Å². The largest absolute Gasteiger partial charge is 0.444 e. The fourth-order valence-electron chi connectivity index (χ4n) is 2.01. The second-order valence-corrected chi connectivity index (χ2v) is 6.21. The first-order valence-electron chi connectivity index (χ1n) is 6.56.